The molecule has 0 amide bonds. The van der Waals surface area contributed by atoms with Gasteiger partial charge < -0.3 is 5.21 Å². The lowest BCUT2D eigenvalue weighted by Crippen LogP contribution is -1.87. The van der Waals surface area contributed by atoms with E-state index in [0.29, 0.717) is 11.0 Å². The number of aromatic nitrogens is 4. The molecule has 2 aromatic rings. The third-order valence-corrected chi connectivity index (χ3v) is 1.17. The second kappa shape index (κ2) is 1.66. The molecule has 0 saturated carbocycles. The van der Waals surface area contributed by atoms with Gasteiger partial charge in [0.05, 0.1) is 12.4 Å². The van der Waals surface area contributed by atoms with Crippen LogP contribution >= 0.6 is 0 Å². The van der Waals surface area contributed by atoms with Crippen molar-refractivity contribution in [2.45, 2.75) is 0 Å². The molecule has 1 N–H and O–H groups in total. The molecule has 5 heteroatoms. The van der Waals surface area contributed by atoms with E-state index in [1.54, 1.807) is 0 Å². The summed E-state index contributed by atoms with van der Waals surface area (Å²) in [6, 6.07) is 0. The Labute approximate surface area is 55.9 Å². The summed E-state index contributed by atoms with van der Waals surface area (Å²) < 4.78 is 0. The monoisotopic (exact) mass is 136 g/mol. The summed E-state index contributed by atoms with van der Waals surface area (Å²) in [7, 11) is 0. The summed E-state index contributed by atoms with van der Waals surface area (Å²) in [5.41, 5.74) is 1.22. The normalized spacial score (nSPS) is 10.4. The summed E-state index contributed by atoms with van der Waals surface area (Å²) in [6.07, 6.45) is 4.36. The average molecular weight is 136 g/mol. The van der Waals surface area contributed by atoms with Crippen LogP contribution in [0.15, 0.2) is 18.7 Å². The van der Waals surface area contributed by atoms with Crippen LogP contribution in [0.2, 0.25) is 0 Å². The van der Waals surface area contributed by atoms with Gasteiger partial charge in [-0.3, -0.25) is 0 Å². The molecule has 0 unspecified atom stereocenters. The first-order valence-corrected chi connectivity index (χ1v) is 2.71. The summed E-state index contributed by atoms with van der Waals surface area (Å²) in [6.45, 7) is 0. The zero-order chi connectivity index (χ0) is 6.97. The van der Waals surface area contributed by atoms with E-state index in [1.807, 2.05) is 0 Å². The highest BCUT2D eigenvalue weighted by atomic mass is 16.5. The van der Waals surface area contributed by atoms with Gasteiger partial charge in [-0.05, 0) is 0 Å². The molecule has 0 aliphatic heterocycles. The van der Waals surface area contributed by atoms with Crippen molar-refractivity contribution in [2.24, 2.45) is 0 Å². The molecule has 2 rings (SSSR count). The highest BCUT2D eigenvalue weighted by Gasteiger charge is 1.97. The minimum Gasteiger partial charge on any atom is -0.412 e. The molecule has 2 heterocycles. The van der Waals surface area contributed by atoms with E-state index < -0.39 is 0 Å². The highest BCUT2D eigenvalue weighted by molar-refractivity contribution is 5.71. The predicted molar refractivity (Wildman–Crippen MR) is 32.5 cm³/mol. The second-order valence-corrected chi connectivity index (χ2v) is 1.84. The number of fused-ring (bicyclic) bond motifs is 1. The van der Waals surface area contributed by atoms with Gasteiger partial charge in [-0.1, -0.05) is 0 Å². The first-order valence-electron chi connectivity index (χ1n) is 2.71. The fourth-order valence-electron chi connectivity index (χ4n) is 0.757. The number of hydrogen-bond donors (Lipinski definition) is 1. The van der Waals surface area contributed by atoms with Crippen molar-refractivity contribution in [3.05, 3.63) is 18.7 Å². The topological polar surface area (TPSA) is 63.8 Å². The minimum absolute atomic E-state index is 0.588. The molecule has 0 aliphatic carbocycles. The fourth-order valence-corrected chi connectivity index (χ4v) is 0.757. The van der Waals surface area contributed by atoms with Crippen LogP contribution in [0.1, 0.15) is 0 Å². The molecule has 0 spiro atoms. The van der Waals surface area contributed by atoms with Crippen LogP contribution in [0.3, 0.4) is 0 Å². The number of nitrogens with zero attached hydrogens (tertiary/aromatic N) is 4. The Bertz CT molecular complexity index is 322. The van der Waals surface area contributed by atoms with Crippen LogP contribution in [0.4, 0.5) is 0 Å². The summed E-state index contributed by atoms with van der Waals surface area (Å²) in [4.78, 5) is 8.30. The number of hydrogen-bond acceptors (Lipinski definition) is 4. The molecular weight excluding hydrogens is 132 g/mol. The summed E-state index contributed by atoms with van der Waals surface area (Å²) in [5, 5.41) is 12.5. The summed E-state index contributed by atoms with van der Waals surface area (Å²) >= 11 is 0. The van der Waals surface area contributed by atoms with Crippen LogP contribution in [-0.4, -0.2) is 25.1 Å². The zero-order valence-electron chi connectivity index (χ0n) is 4.97. The Balaban J connectivity index is 2.88. The van der Waals surface area contributed by atoms with Crippen molar-refractivity contribution in [3.63, 3.8) is 0 Å². The average Bonchev–Trinajstić information content (AvgIpc) is 2.27. The molecule has 0 bridgehead atoms. The second-order valence-electron chi connectivity index (χ2n) is 1.84. The van der Waals surface area contributed by atoms with Gasteiger partial charge in [0.25, 0.3) is 0 Å². The highest BCUT2D eigenvalue weighted by Crippen LogP contribution is 2.03. The van der Waals surface area contributed by atoms with Crippen LogP contribution in [0.5, 0.6) is 0 Å². The van der Waals surface area contributed by atoms with Gasteiger partial charge in [-0.2, -0.15) is 0 Å². The Morgan fingerprint density at radius 3 is 3.10 bits per heavy atom. The van der Waals surface area contributed by atoms with E-state index >= 15 is 0 Å². The lowest BCUT2D eigenvalue weighted by molar-refractivity contribution is 0.151. The van der Waals surface area contributed by atoms with E-state index in [1.165, 1.54) is 18.7 Å². The van der Waals surface area contributed by atoms with Gasteiger partial charge in [0.1, 0.15) is 17.4 Å². The molecule has 0 radical (unpaired) electrons. The van der Waals surface area contributed by atoms with Crippen molar-refractivity contribution in [3.8, 4) is 0 Å². The molecule has 0 aliphatic rings. The first kappa shape index (κ1) is 5.16. The van der Waals surface area contributed by atoms with Gasteiger partial charge in [0.2, 0.25) is 0 Å². The maximum atomic E-state index is 8.79. The Kier molecular flexibility index (Phi) is 0.858. The van der Waals surface area contributed by atoms with Crippen LogP contribution < -0.4 is 0 Å². The van der Waals surface area contributed by atoms with Crippen molar-refractivity contribution in [1.29, 1.82) is 0 Å². The maximum absolute atomic E-state index is 8.79. The third kappa shape index (κ3) is 0.604. The van der Waals surface area contributed by atoms with Gasteiger partial charge in [0, 0.05) is 0 Å². The molecule has 0 atom stereocenters. The standard InChI is InChI=1S/C5H4N4O/c10-9-2-5-4(8-9)1-6-3-7-5/h1-3,10H. The molecule has 0 aromatic carbocycles. The van der Waals surface area contributed by atoms with Crippen LogP contribution in [0.25, 0.3) is 11.0 Å². The van der Waals surface area contributed by atoms with Crippen molar-refractivity contribution in [1.82, 2.24) is 19.9 Å². The van der Waals surface area contributed by atoms with Crippen LogP contribution in [-0.2, 0) is 0 Å². The van der Waals surface area contributed by atoms with Gasteiger partial charge in [-0.15, -0.1) is 9.94 Å². The predicted octanol–water partition coefficient (Wildman–Crippen LogP) is 0.0636. The van der Waals surface area contributed by atoms with E-state index in [2.05, 4.69) is 15.1 Å². The van der Waals surface area contributed by atoms with Gasteiger partial charge in [0.15, 0.2) is 0 Å². The Morgan fingerprint density at radius 2 is 2.30 bits per heavy atom. The molecule has 5 nitrogen and oxygen atoms in total. The van der Waals surface area contributed by atoms with Crippen molar-refractivity contribution in [2.75, 3.05) is 0 Å². The number of rotatable bonds is 0. The lowest BCUT2D eigenvalue weighted by Gasteiger charge is -1.79. The molecule has 10 heavy (non-hydrogen) atoms. The molecule has 0 fully saturated rings. The third-order valence-electron chi connectivity index (χ3n) is 1.17. The zero-order valence-corrected chi connectivity index (χ0v) is 4.97. The van der Waals surface area contributed by atoms with E-state index in [-0.39, 0.29) is 0 Å². The summed E-state index contributed by atoms with van der Waals surface area (Å²) in [5.74, 6) is 0. The Hall–Kier alpha value is -1.65. The lowest BCUT2D eigenvalue weighted by atomic mass is 10.5. The largest absolute Gasteiger partial charge is 0.412 e. The quantitative estimate of drug-likeness (QED) is 0.520. The first-order chi connectivity index (χ1) is 4.86. The molecular formula is C5H4N4O. The smallest absolute Gasteiger partial charge is 0.133 e. The van der Waals surface area contributed by atoms with Gasteiger partial charge in [-0.25, -0.2) is 9.97 Å². The van der Waals surface area contributed by atoms with E-state index in [9.17, 15) is 0 Å². The fraction of sp³-hybridized carbons (Fsp3) is 0. The Morgan fingerprint density at radius 1 is 1.40 bits per heavy atom. The van der Waals surface area contributed by atoms with E-state index in [4.69, 9.17) is 5.21 Å². The molecule has 0 saturated heterocycles. The molecule has 50 valence electrons. The minimum atomic E-state index is 0.588. The van der Waals surface area contributed by atoms with Gasteiger partial charge >= 0.3 is 0 Å². The molecule has 2 aromatic heterocycles. The maximum Gasteiger partial charge on any atom is 0.133 e. The van der Waals surface area contributed by atoms with E-state index in [0.717, 1.165) is 4.85 Å². The SMILES string of the molecule is On1cc2ncncc2n1. The van der Waals surface area contributed by atoms with Crippen molar-refractivity contribution < 1.29 is 5.21 Å². The van der Waals surface area contributed by atoms with Crippen molar-refractivity contribution >= 4 is 11.0 Å². The van der Waals surface area contributed by atoms with Crippen LogP contribution in [0, 0.1) is 0 Å².